The highest BCUT2D eigenvalue weighted by Gasteiger charge is 2.20. The van der Waals surface area contributed by atoms with Gasteiger partial charge in [0.1, 0.15) is 10.6 Å². The third-order valence-electron chi connectivity index (χ3n) is 2.97. The molecule has 7 nitrogen and oxygen atoms in total. The monoisotopic (exact) mass is 395 g/mol. The number of benzene rings is 2. The van der Waals surface area contributed by atoms with Crippen molar-refractivity contribution in [2.75, 3.05) is 13.7 Å². The molecule has 0 unspecified atom stereocenters. The summed E-state index contributed by atoms with van der Waals surface area (Å²) in [5.41, 5.74) is 0. The van der Waals surface area contributed by atoms with Gasteiger partial charge in [-0.05, 0) is 43.3 Å². The number of carbonyl (C=O) groups excluding carboxylic acids is 1. The first-order chi connectivity index (χ1) is 12.5. The van der Waals surface area contributed by atoms with E-state index in [1.807, 2.05) is 6.07 Å². The van der Waals surface area contributed by atoms with Gasteiger partial charge in [-0.15, -0.1) is 0 Å². The second kappa shape index (κ2) is 9.25. The Labute approximate surface area is 156 Å². The SMILES string of the molecule is CCOC(=O)C(=NOS(=O)(=O)c1ccc(OC)cc1)Sc1ccccc1. The minimum Gasteiger partial charge on any atom is -0.497 e. The van der Waals surface area contributed by atoms with Crippen molar-refractivity contribution in [3.63, 3.8) is 0 Å². The Hall–Kier alpha value is -2.52. The fraction of sp³-hybridized carbons (Fsp3) is 0.176. The molecule has 0 aliphatic rings. The number of esters is 1. The van der Waals surface area contributed by atoms with E-state index < -0.39 is 16.1 Å². The number of rotatable bonds is 6. The first kappa shape index (κ1) is 19.8. The van der Waals surface area contributed by atoms with E-state index in [1.165, 1.54) is 31.4 Å². The standard InChI is InChI=1S/C17H17NO6S2/c1-3-23-17(19)16(25-14-7-5-4-6-8-14)18-24-26(20,21)15-11-9-13(22-2)10-12-15/h4-12H,3H2,1-2H3. The molecule has 0 atom stereocenters. The van der Waals surface area contributed by atoms with E-state index in [0.29, 0.717) is 10.6 Å². The topological polar surface area (TPSA) is 91.3 Å². The molecule has 2 rings (SSSR count). The lowest BCUT2D eigenvalue weighted by Gasteiger charge is -2.07. The maximum atomic E-state index is 12.2. The molecule has 0 amide bonds. The molecule has 0 heterocycles. The normalized spacial score (nSPS) is 11.7. The highest BCUT2D eigenvalue weighted by Crippen LogP contribution is 2.22. The van der Waals surface area contributed by atoms with Crippen molar-refractivity contribution in [2.24, 2.45) is 5.16 Å². The molecule has 0 aliphatic heterocycles. The van der Waals surface area contributed by atoms with E-state index in [4.69, 9.17) is 9.47 Å². The van der Waals surface area contributed by atoms with Gasteiger partial charge in [0.05, 0.1) is 13.7 Å². The van der Waals surface area contributed by atoms with Crippen LogP contribution in [0, 0.1) is 0 Å². The molecule has 0 spiro atoms. The van der Waals surface area contributed by atoms with Crippen LogP contribution in [0.1, 0.15) is 6.92 Å². The quantitative estimate of drug-likeness (QED) is 0.244. The van der Waals surface area contributed by atoms with Crippen LogP contribution in [0.15, 0.2) is 69.5 Å². The van der Waals surface area contributed by atoms with Crippen molar-refractivity contribution in [1.29, 1.82) is 0 Å². The first-order valence-corrected chi connectivity index (χ1v) is 9.74. The molecule has 0 radical (unpaired) electrons. The smallest absolute Gasteiger partial charge is 0.367 e. The van der Waals surface area contributed by atoms with Crippen molar-refractivity contribution in [2.45, 2.75) is 16.7 Å². The van der Waals surface area contributed by atoms with Crippen LogP contribution in [0.3, 0.4) is 0 Å². The van der Waals surface area contributed by atoms with Gasteiger partial charge >= 0.3 is 16.1 Å². The van der Waals surface area contributed by atoms with Gasteiger partial charge in [-0.1, -0.05) is 35.1 Å². The van der Waals surface area contributed by atoms with Crippen molar-refractivity contribution < 1.29 is 27.0 Å². The number of thioether (sulfide) groups is 1. The van der Waals surface area contributed by atoms with Crippen LogP contribution < -0.4 is 4.74 Å². The highest BCUT2D eigenvalue weighted by molar-refractivity contribution is 8.15. The first-order valence-electron chi connectivity index (χ1n) is 7.52. The van der Waals surface area contributed by atoms with Crippen molar-refractivity contribution in [1.82, 2.24) is 0 Å². The van der Waals surface area contributed by atoms with E-state index in [-0.39, 0.29) is 16.5 Å². The third-order valence-corrected chi connectivity index (χ3v) is 5.04. The minimum absolute atomic E-state index is 0.116. The van der Waals surface area contributed by atoms with E-state index in [0.717, 1.165) is 11.8 Å². The van der Waals surface area contributed by atoms with E-state index >= 15 is 0 Å². The molecule has 0 saturated heterocycles. The van der Waals surface area contributed by atoms with Crippen LogP contribution >= 0.6 is 11.8 Å². The maximum Gasteiger partial charge on any atom is 0.367 e. The fourth-order valence-corrected chi connectivity index (χ4v) is 3.27. The Kier molecular flexibility index (Phi) is 7.05. The Bertz CT molecular complexity index is 864. The van der Waals surface area contributed by atoms with Crippen LogP contribution in [0.4, 0.5) is 0 Å². The highest BCUT2D eigenvalue weighted by atomic mass is 32.2. The number of methoxy groups -OCH3 is 1. The average molecular weight is 395 g/mol. The van der Waals surface area contributed by atoms with Gasteiger partial charge < -0.3 is 9.47 Å². The zero-order valence-electron chi connectivity index (χ0n) is 14.1. The molecule has 0 aliphatic carbocycles. The van der Waals surface area contributed by atoms with Crippen LogP contribution in [0.5, 0.6) is 5.75 Å². The molecule has 0 aromatic heterocycles. The van der Waals surface area contributed by atoms with E-state index in [2.05, 4.69) is 9.44 Å². The lowest BCUT2D eigenvalue weighted by atomic mass is 10.3. The fourth-order valence-electron chi connectivity index (χ4n) is 1.76. The second-order valence-corrected chi connectivity index (χ2v) is 7.33. The summed E-state index contributed by atoms with van der Waals surface area (Å²) in [6.07, 6.45) is 0. The van der Waals surface area contributed by atoms with Gasteiger partial charge in [0.25, 0.3) is 0 Å². The number of nitrogens with zero attached hydrogens (tertiary/aromatic N) is 1. The predicted molar refractivity (Wildman–Crippen MR) is 97.6 cm³/mol. The van der Waals surface area contributed by atoms with Crippen LogP contribution in [-0.4, -0.2) is 33.1 Å². The molecule has 138 valence electrons. The van der Waals surface area contributed by atoms with Crippen LogP contribution in [0.25, 0.3) is 0 Å². The summed E-state index contributed by atoms with van der Waals surface area (Å²) in [5, 5.41) is 3.29. The zero-order chi connectivity index (χ0) is 19.0. The molecule has 0 saturated carbocycles. The van der Waals surface area contributed by atoms with Gasteiger partial charge in [0.2, 0.25) is 5.04 Å². The summed E-state index contributed by atoms with van der Waals surface area (Å²) in [4.78, 5) is 12.6. The van der Waals surface area contributed by atoms with E-state index in [1.54, 1.807) is 31.2 Å². The van der Waals surface area contributed by atoms with E-state index in [9.17, 15) is 13.2 Å². The summed E-state index contributed by atoms with van der Waals surface area (Å²) in [5.74, 6) is -0.273. The molecule has 0 fully saturated rings. The van der Waals surface area contributed by atoms with Gasteiger partial charge in [0, 0.05) is 4.90 Å². The molecular formula is C17H17NO6S2. The summed E-state index contributed by atoms with van der Waals surface area (Å²) in [7, 11) is -2.72. The van der Waals surface area contributed by atoms with Crippen LogP contribution in [-0.2, 0) is 23.9 Å². The molecule has 0 N–H and O–H groups in total. The molecule has 2 aromatic carbocycles. The molecule has 2 aromatic rings. The predicted octanol–water partition coefficient (Wildman–Crippen LogP) is 3.07. The Morgan fingerprint density at radius 2 is 1.73 bits per heavy atom. The van der Waals surface area contributed by atoms with Gasteiger partial charge in [-0.25, -0.2) is 4.79 Å². The summed E-state index contributed by atoms with van der Waals surface area (Å²) >= 11 is 0.945. The third kappa shape index (κ3) is 5.50. The lowest BCUT2D eigenvalue weighted by molar-refractivity contribution is -0.134. The molecule has 9 heteroatoms. The maximum absolute atomic E-state index is 12.2. The van der Waals surface area contributed by atoms with Crippen LogP contribution in [0.2, 0.25) is 0 Å². The Morgan fingerprint density at radius 1 is 1.08 bits per heavy atom. The number of hydrogen-bond donors (Lipinski definition) is 0. The Morgan fingerprint density at radius 3 is 2.31 bits per heavy atom. The number of carbonyl (C=O) groups is 1. The largest absolute Gasteiger partial charge is 0.497 e. The number of ether oxygens (including phenoxy) is 2. The van der Waals surface area contributed by atoms with Crippen molar-refractivity contribution >= 4 is 32.9 Å². The Balaban J connectivity index is 2.23. The van der Waals surface area contributed by atoms with Crippen molar-refractivity contribution in [3.8, 4) is 5.75 Å². The average Bonchev–Trinajstić information content (AvgIpc) is 2.66. The minimum atomic E-state index is -4.19. The van der Waals surface area contributed by atoms with Crippen molar-refractivity contribution in [3.05, 3.63) is 54.6 Å². The summed E-state index contributed by atoms with van der Waals surface area (Å²) in [6, 6.07) is 14.5. The van der Waals surface area contributed by atoms with Gasteiger partial charge in [0.15, 0.2) is 0 Å². The zero-order valence-corrected chi connectivity index (χ0v) is 15.7. The number of hydrogen-bond acceptors (Lipinski definition) is 8. The molecular weight excluding hydrogens is 378 g/mol. The second-order valence-electron chi connectivity index (χ2n) is 4.74. The molecule has 0 bridgehead atoms. The number of oxime groups is 1. The summed E-state index contributed by atoms with van der Waals surface area (Å²) < 4.78 is 39.0. The lowest BCUT2D eigenvalue weighted by Crippen LogP contribution is -2.16. The summed E-state index contributed by atoms with van der Waals surface area (Å²) in [6.45, 7) is 1.76. The van der Waals surface area contributed by atoms with Gasteiger partial charge in [-0.2, -0.15) is 8.42 Å². The van der Waals surface area contributed by atoms with Gasteiger partial charge in [-0.3, -0.25) is 4.28 Å². The molecule has 26 heavy (non-hydrogen) atoms.